The number of halogens is 10. The quantitative estimate of drug-likeness (QED) is 0.204. The van der Waals surface area contributed by atoms with Crippen LogP contribution < -0.4 is 0 Å². The molecule has 1 saturated heterocycles. The molecule has 1 aliphatic rings. The van der Waals surface area contributed by atoms with Crippen LogP contribution in [0.3, 0.4) is 0 Å². The number of likely N-dealkylation sites (tertiary alicyclic amines) is 1. The van der Waals surface area contributed by atoms with Crippen molar-refractivity contribution in [2.45, 2.75) is 68.4 Å². The van der Waals surface area contributed by atoms with Crippen molar-refractivity contribution in [1.82, 2.24) is 0 Å². The van der Waals surface area contributed by atoms with Gasteiger partial charge in [0.05, 0.1) is 18.6 Å². The molecule has 0 aromatic heterocycles. The van der Waals surface area contributed by atoms with Gasteiger partial charge in [0.15, 0.2) is 20.0 Å². The number of hydrogen-bond acceptors (Lipinski definition) is 7. The Kier molecular flexibility index (Phi) is 12.0. The van der Waals surface area contributed by atoms with Gasteiger partial charge in [-0.05, 0) is 40.0 Å². The van der Waals surface area contributed by atoms with Crippen LogP contribution in [-0.4, -0.2) is 99.1 Å². The van der Waals surface area contributed by atoms with Crippen LogP contribution in [0.2, 0.25) is 0 Å². The van der Waals surface area contributed by atoms with Gasteiger partial charge in [-0.3, -0.25) is 0 Å². The SMILES string of the molecule is CO[Si](C[N+]1(C(C)(C)C)CCCCC1)(OC)OC.O=S(=O)([N-]S(=O)(=O)C(F)(F)C(F)(F)F)C(F)(F)C(F)(F)F. The van der Waals surface area contributed by atoms with E-state index in [2.05, 4.69) is 20.8 Å². The maximum absolute atomic E-state index is 12.3. The van der Waals surface area contributed by atoms with Crippen LogP contribution in [-0.2, 0) is 33.3 Å². The van der Waals surface area contributed by atoms with Crippen LogP contribution in [0.4, 0.5) is 43.9 Å². The van der Waals surface area contributed by atoms with Gasteiger partial charge in [-0.25, -0.2) is 16.8 Å². The highest BCUT2D eigenvalue weighted by Crippen LogP contribution is 2.47. The van der Waals surface area contributed by atoms with Crippen molar-refractivity contribution in [2.75, 3.05) is 40.6 Å². The molecule has 1 heterocycles. The molecule has 0 radical (unpaired) electrons. The highest BCUT2D eigenvalue weighted by molar-refractivity contribution is 8.13. The summed E-state index contributed by atoms with van der Waals surface area (Å²) in [6.07, 6.45) is -9.20. The Morgan fingerprint density at radius 3 is 1.21 bits per heavy atom. The van der Waals surface area contributed by atoms with Crippen molar-refractivity contribution >= 4 is 28.9 Å². The fourth-order valence-corrected chi connectivity index (χ4v) is 8.30. The first-order chi connectivity index (χ1) is 17.1. The Morgan fingerprint density at radius 1 is 0.667 bits per heavy atom. The van der Waals surface area contributed by atoms with Crippen molar-refractivity contribution < 1.29 is 78.5 Å². The van der Waals surface area contributed by atoms with Gasteiger partial charge in [0.25, 0.3) is 0 Å². The van der Waals surface area contributed by atoms with E-state index in [9.17, 15) is 60.7 Å². The van der Waals surface area contributed by atoms with Crippen molar-refractivity contribution in [3.05, 3.63) is 4.13 Å². The second-order valence-electron chi connectivity index (χ2n) is 9.33. The van der Waals surface area contributed by atoms with Gasteiger partial charge in [0, 0.05) is 21.3 Å². The zero-order chi connectivity index (χ0) is 31.6. The molecule has 0 N–H and O–H groups in total. The number of sulfonamides is 2. The molecule has 0 aliphatic carbocycles. The zero-order valence-corrected chi connectivity index (χ0v) is 24.2. The third-order valence-electron chi connectivity index (χ3n) is 6.03. The zero-order valence-electron chi connectivity index (χ0n) is 21.6. The summed E-state index contributed by atoms with van der Waals surface area (Å²) < 4.78 is 179. The monoisotopic (exact) mass is 656 g/mol. The molecular weight excluding hydrogens is 626 g/mol. The molecule has 0 aromatic rings. The molecule has 236 valence electrons. The van der Waals surface area contributed by atoms with Gasteiger partial charge in [0.2, 0.25) is 0 Å². The molecule has 39 heavy (non-hydrogen) atoms. The van der Waals surface area contributed by atoms with E-state index in [0.717, 1.165) is 10.7 Å². The van der Waals surface area contributed by atoms with Gasteiger partial charge < -0.3 is 21.9 Å². The van der Waals surface area contributed by atoms with Crippen LogP contribution in [0.1, 0.15) is 40.0 Å². The molecule has 9 nitrogen and oxygen atoms in total. The van der Waals surface area contributed by atoms with Crippen molar-refractivity contribution in [1.29, 1.82) is 0 Å². The van der Waals surface area contributed by atoms with Crippen LogP contribution in [0, 0.1) is 0 Å². The highest BCUT2D eigenvalue weighted by Gasteiger charge is 2.68. The lowest BCUT2D eigenvalue weighted by Gasteiger charge is -2.52. The molecule has 1 fully saturated rings. The Morgan fingerprint density at radius 2 is 0.974 bits per heavy atom. The standard InChI is InChI=1S/C13H30NO3Si.C4F10NO4S2/c1-13(2,3)14(10-8-7-9-11-14)12-18(15-4,16-5)17-6;5-1(6,7)3(11,12)20(16,17)15-21(18,19)4(13,14)2(8,9)10/h7-12H2,1-6H3;/q+1;-1. The molecule has 1 aliphatic heterocycles. The van der Waals surface area contributed by atoms with E-state index in [1.165, 1.54) is 32.4 Å². The Labute approximate surface area is 220 Å². The summed E-state index contributed by atoms with van der Waals surface area (Å²) in [5.74, 6) is 0. The van der Waals surface area contributed by atoms with Crippen LogP contribution in [0.25, 0.3) is 4.13 Å². The summed E-state index contributed by atoms with van der Waals surface area (Å²) in [5, 5.41) is -14.0. The van der Waals surface area contributed by atoms with Gasteiger partial charge in [-0.15, -0.1) is 0 Å². The first-order valence-electron chi connectivity index (χ1n) is 10.7. The van der Waals surface area contributed by atoms with E-state index in [1.54, 1.807) is 21.3 Å². The average Bonchev–Trinajstić information content (AvgIpc) is 2.75. The lowest BCUT2D eigenvalue weighted by Crippen LogP contribution is -2.70. The van der Waals surface area contributed by atoms with Crippen molar-refractivity contribution in [3.63, 3.8) is 0 Å². The summed E-state index contributed by atoms with van der Waals surface area (Å²) in [5.41, 5.74) is 0.203. The van der Waals surface area contributed by atoms with E-state index < -0.39 is 51.7 Å². The summed E-state index contributed by atoms with van der Waals surface area (Å²) in [6.45, 7) is 9.36. The smallest absolute Gasteiger partial charge is 0.425 e. The number of alkyl halides is 10. The summed E-state index contributed by atoms with van der Waals surface area (Å²) >= 11 is 0. The van der Waals surface area contributed by atoms with Gasteiger partial charge in [-0.2, -0.15) is 43.9 Å². The molecule has 0 atom stereocenters. The largest absolute Gasteiger partial charge is 0.558 e. The molecule has 0 bridgehead atoms. The van der Waals surface area contributed by atoms with Crippen molar-refractivity contribution in [3.8, 4) is 0 Å². The number of hydrogen-bond donors (Lipinski definition) is 0. The first-order valence-corrected chi connectivity index (χ1v) is 15.5. The number of quaternary nitrogens is 1. The summed E-state index contributed by atoms with van der Waals surface area (Å²) in [4.78, 5) is 0. The third kappa shape index (κ3) is 8.16. The second kappa shape index (κ2) is 12.2. The Balaban J connectivity index is 0.000000748. The fraction of sp³-hybridized carbons (Fsp3) is 1.00. The van der Waals surface area contributed by atoms with Crippen molar-refractivity contribution in [2.24, 2.45) is 0 Å². The lowest BCUT2D eigenvalue weighted by atomic mass is 9.97. The minimum atomic E-state index is -7.62. The molecule has 0 saturated carbocycles. The van der Waals surface area contributed by atoms with E-state index in [-0.39, 0.29) is 5.54 Å². The molecule has 1 rings (SSSR count). The third-order valence-corrected chi connectivity index (χ3v) is 12.2. The fourth-order valence-electron chi connectivity index (χ4n) is 3.51. The maximum Gasteiger partial charge on any atom is 0.558 e. The maximum atomic E-state index is 12.3. The molecule has 0 amide bonds. The molecular formula is C17H30F10N2O7S2Si. The minimum Gasteiger partial charge on any atom is -0.425 e. The molecule has 22 heteroatoms. The number of rotatable bonds is 9. The molecule has 0 spiro atoms. The Hall–Kier alpha value is -0.783. The summed E-state index contributed by atoms with van der Waals surface area (Å²) in [6, 6.07) is 0. The van der Waals surface area contributed by atoms with E-state index in [1.807, 2.05) is 0 Å². The van der Waals surface area contributed by atoms with Crippen LogP contribution in [0.15, 0.2) is 0 Å². The lowest BCUT2D eigenvalue weighted by molar-refractivity contribution is -0.968. The Bertz CT molecular complexity index is 958. The summed E-state index contributed by atoms with van der Waals surface area (Å²) in [7, 11) is -12.6. The van der Waals surface area contributed by atoms with Crippen LogP contribution in [0.5, 0.6) is 0 Å². The van der Waals surface area contributed by atoms with Gasteiger partial charge in [0.1, 0.15) is 6.17 Å². The second-order valence-corrected chi connectivity index (χ2v) is 15.8. The minimum absolute atomic E-state index is 0.203. The first kappa shape index (κ1) is 38.2. The predicted molar refractivity (Wildman–Crippen MR) is 118 cm³/mol. The predicted octanol–water partition coefficient (Wildman–Crippen LogP) is 4.53. The van der Waals surface area contributed by atoms with E-state index >= 15 is 0 Å². The molecule has 0 unspecified atom stereocenters. The van der Waals surface area contributed by atoms with E-state index in [0.29, 0.717) is 4.13 Å². The highest BCUT2D eigenvalue weighted by atomic mass is 32.3. The average molecular weight is 657 g/mol. The number of piperidine rings is 1. The van der Waals surface area contributed by atoms with E-state index in [4.69, 9.17) is 13.3 Å². The van der Waals surface area contributed by atoms with Crippen LogP contribution >= 0.6 is 0 Å². The normalized spacial score (nSPS) is 18.4. The topological polar surface area (TPSA) is 110 Å². The number of nitrogens with zero attached hydrogens (tertiary/aromatic N) is 2. The van der Waals surface area contributed by atoms with Gasteiger partial charge in [-0.1, -0.05) is 0 Å². The molecule has 0 aromatic carbocycles. The van der Waals surface area contributed by atoms with Gasteiger partial charge >= 0.3 is 31.7 Å².